The second-order valence-corrected chi connectivity index (χ2v) is 24.5. The molecule has 0 bridgehead atoms. The third-order valence-corrected chi connectivity index (χ3v) is 17.6. The Bertz CT molecular complexity index is 1470. The monoisotopic (exact) mass is 918 g/mol. The molecule has 0 radical (unpaired) electrons. The van der Waals surface area contributed by atoms with E-state index in [0.717, 1.165) is 0 Å². The van der Waals surface area contributed by atoms with Crippen molar-refractivity contribution < 1.29 is 72.0 Å². The minimum Gasteiger partial charge on any atom is -0.462 e. The molecule has 16 nitrogen and oxygen atoms in total. The second kappa shape index (κ2) is 24.3. The van der Waals surface area contributed by atoms with Crippen LogP contribution in [0.1, 0.15) is 101 Å². The summed E-state index contributed by atoms with van der Waals surface area (Å²) in [5.74, 6) is -1.67. The highest BCUT2D eigenvalue weighted by Gasteiger charge is 2.53. The van der Waals surface area contributed by atoms with E-state index in [2.05, 4.69) is 46.9 Å². The smallest absolute Gasteiger partial charge is 0.308 e. The molecule has 3 heterocycles. The second-order valence-electron chi connectivity index (χ2n) is 19.7. The Hall–Kier alpha value is -1.84. The standard InChI is InChI=1S/C46H83NO15Si/c1-17-34(49)59-43-30(5)57-37(26-46(43,9)52)60-40-29(4)58-44(39(51)38(40)47(10)11)61-41-31(24-36(53-12)54-13)23-27(2)33(62-63(15,16)45(6,7)8)22-20-18-19-21-28(3)56-35(50)25-32(48)42(41)55-14/h18-20,22,27-33,36-44,48,51-52H,17,21,23-26H2,1-16H3/b19-18+,22-20+/t27-,28-,29-,30+,31-,32-,33+,37+,38-,39-,40-,41+,42+,43+,44+,46-/m1/s1. The summed E-state index contributed by atoms with van der Waals surface area (Å²) < 4.78 is 62.1. The van der Waals surface area contributed by atoms with Gasteiger partial charge in [0, 0.05) is 47.0 Å². The molecule has 3 aliphatic heterocycles. The maximum atomic E-state index is 13.3. The molecule has 3 aliphatic rings. The predicted octanol–water partition coefficient (Wildman–Crippen LogP) is 5.26. The molecule has 0 unspecified atom stereocenters. The molecule has 366 valence electrons. The molecule has 0 aromatic carbocycles. The van der Waals surface area contributed by atoms with Crippen LogP contribution in [0, 0.1) is 11.8 Å². The van der Waals surface area contributed by atoms with Gasteiger partial charge in [-0.1, -0.05) is 58.9 Å². The number of esters is 2. The van der Waals surface area contributed by atoms with E-state index in [4.69, 9.17) is 47.1 Å². The van der Waals surface area contributed by atoms with Gasteiger partial charge in [0.05, 0.1) is 43.0 Å². The van der Waals surface area contributed by atoms with E-state index >= 15 is 0 Å². The molecule has 3 rings (SSSR count). The number of aliphatic hydroxyl groups excluding tert-OH is 2. The maximum Gasteiger partial charge on any atom is 0.308 e. The van der Waals surface area contributed by atoms with Crippen LogP contribution in [0.4, 0.5) is 0 Å². The van der Waals surface area contributed by atoms with E-state index in [-0.39, 0.29) is 42.7 Å². The molecule has 0 saturated carbocycles. The van der Waals surface area contributed by atoms with Crippen LogP contribution in [-0.2, 0) is 56.6 Å². The Labute approximate surface area is 378 Å². The van der Waals surface area contributed by atoms with Crippen molar-refractivity contribution in [2.24, 2.45) is 11.8 Å². The quantitative estimate of drug-likeness (QED) is 0.116. The summed E-state index contributed by atoms with van der Waals surface area (Å²) in [6.45, 7) is 21.7. The molecule has 3 N–H and O–H groups in total. The Morgan fingerprint density at radius 1 is 0.984 bits per heavy atom. The number of rotatable bonds is 14. The van der Waals surface area contributed by atoms with Gasteiger partial charge in [-0.15, -0.1) is 0 Å². The Morgan fingerprint density at radius 2 is 1.63 bits per heavy atom. The number of carbonyl (C=O) groups excluding carboxylic acids is 2. The lowest BCUT2D eigenvalue weighted by molar-refractivity contribution is -0.345. The number of cyclic esters (lactones) is 1. The van der Waals surface area contributed by atoms with Gasteiger partial charge >= 0.3 is 11.9 Å². The Morgan fingerprint density at radius 3 is 2.19 bits per heavy atom. The molecule has 0 aromatic rings. The lowest BCUT2D eigenvalue weighted by Gasteiger charge is -2.50. The fourth-order valence-electron chi connectivity index (χ4n) is 8.55. The zero-order valence-electron chi connectivity index (χ0n) is 41.0. The van der Waals surface area contributed by atoms with Gasteiger partial charge in [0.1, 0.15) is 30.0 Å². The van der Waals surface area contributed by atoms with Crippen LogP contribution in [0.15, 0.2) is 24.3 Å². The fourth-order valence-corrected chi connectivity index (χ4v) is 9.90. The highest BCUT2D eigenvalue weighted by atomic mass is 28.4. The molecule has 2 fully saturated rings. The van der Waals surface area contributed by atoms with Crippen molar-refractivity contribution >= 4 is 20.3 Å². The van der Waals surface area contributed by atoms with Crippen molar-refractivity contribution in [2.45, 2.75) is 211 Å². The first-order chi connectivity index (χ1) is 29.3. The lowest BCUT2D eigenvalue weighted by atomic mass is 9.82. The van der Waals surface area contributed by atoms with Gasteiger partial charge in [0.2, 0.25) is 0 Å². The van der Waals surface area contributed by atoms with Crippen LogP contribution in [0.5, 0.6) is 0 Å². The number of ether oxygens (including phenoxy) is 9. The van der Waals surface area contributed by atoms with Gasteiger partial charge in [-0.2, -0.15) is 0 Å². The molecule has 0 aromatic heterocycles. The first-order valence-corrected chi connectivity index (χ1v) is 25.6. The van der Waals surface area contributed by atoms with Crippen molar-refractivity contribution in [3.63, 3.8) is 0 Å². The Balaban J connectivity index is 2.09. The normalized spacial score (nSPS) is 39.2. The summed E-state index contributed by atoms with van der Waals surface area (Å²) in [5, 5.41) is 35.5. The van der Waals surface area contributed by atoms with Gasteiger partial charge < -0.3 is 67.3 Å². The van der Waals surface area contributed by atoms with Crippen molar-refractivity contribution in [3.05, 3.63) is 24.3 Å². The lowest BCUT2D eigenvalue weighted by Crippen LogP contribution is -2.66. The Kier molecular flexibility index (Phi) is 21.4. The number of carbonyl (C=O) groups is 2. The van der Waals surface area contributed by atoms with Gasteiger partial charge in [-0.05, 0) is 78.2 Å². The SMILES string of the molecule is CCC(=O)O[C@H]1[C@H](C)O[C@@H](O[C@H]2[C@H](N(C)C)[C@@H](O)[C@H](O[C@H]3[C@@H](CC(OC)OC)C[C@@H](C)[C@@H](O[Si](C)(C)C(C)(C)C)/C=C/C=C/C[C@@H](C)OC(=O)C[C@@H](O)[C@@H]3OC)O[C@@H]2C)C[C@@]1(C)O. The summed E-state index contributed by atoms with van der Waals surface area (Å²) in [5.41, 5.74) is -1.47. The number of methoxy groups -OCH3 is 3. The van der Waals surface area contributed by atoms with E-state index in [1.54, 1.807) is 62.9 Å². The summed E-state index contributed by atoms with van der Waals surface area (Å²) >= 11 is 0. The average Bonchev–Trinajstić information content (AvgIpc) is 3.17. The van der Waals surface area contributed by atoms with Gasteiger partial charge in [-0.3, -0.25) is 9.59 Å². The molecule has 2 saturated heterocycles. The van der Waals surface area contributed by atoms with Gasteiger partial charge in [0.15, 0.2) is 33.3 Å². The van der Waals surface area contributed by atoms with Crippen LogP contribution in [0.3, 0.4) is 0 Å². The molecule has 0 amide bonds. The number of aliphatic hydroxyl groups is 3. The molecule has 17 heteroatoms. The molecular formula is C46H83NO15Si. The summed E-state index contributed by atoms with van der Waals surface area (Å²) in [6.07, 6.45) is -2.74. The summed E-state index contributed by atoms with van der Waals surface area (Å²) in [4.78, 5) is 27.3. The van der Waals surface area contributed by atoms with Crippen LogP contribution in [0.2, 0.25) is 18.1 Å². The summed E-state index contributed by atoms with van der Waals surface area (Å²) in [7, 11) is 5.85. The van der Waals surface area contributed by atoms with Crippen molar-refractivity contribution in [3.8, 4) is 0 Å². The minimum atomic E-state index is -2.30. The zero-order valence-corrected chi connectivity index (χ0v) is 42.0. The number of likely N-dealkylation sites (N-methyl/N-ethyl adjacent to an activating group) is 1. The van der Waals surface area contributed by atoms with Gasteiger partial charge in [0.25, 0.3) is 0 Å². The molecule has 0 spiro atoms. The largest absolute Gasteiger partial charge is 0.462 e. The number of hydrogen-bond acceptors (Lipinski definition) is 16. The van der Waals surface area contributed by atoms with Crippen LogP contribution in [-0.4, -0.2) is 167 Å². The predicted molar refractivity (Wildman–Crippen MR) is 239 cm³/mol. The van der Waals surface area contributed by atoms with Gasteiger partial charge in [-0.25, -0.2) is 0 Å². The van der Waals surface area contributed by atoms with E-state index in [1.807, 2.05) is 23.1 Å². The molecule has 16 atom stereocenters. The minimum absolute atomic E-state index is 0.0132. The highest BCUT2D eigenvalue weighted by molar-refractivity contribution is 6.74. The van der Waals surface area contributed by atoms with Crippen LogP contribution in [0.25, 0.3) is 0 Å². The van der Waals surface area contributed by atoms with Crippen LogP contribution < -0.4 is 0 Å². The van der Waals surface area contributed by atoms with Crippen molar-refractivity contribution in [1.82, 2.24) is 4.90 Å². The topological polar surface area (TPSA) is 190 Å². The fraction of sp³-hybridized carbons (Fsp3) is 0.870. The number of allylic oxidation sites excluding steroid dienone is 2. The van der Waals surface area contributed by atoms with E-state index in [1.165, 1.54) is 7.11 Å². The van der Waals surface area contributed by atoms with E-state index in [9.17, 15) is 24.9 Å². The van der Waals surface area contributed by atoms with E-state index < -0.39 is 112 Å². The maximum absolute atomic E-state index is 13.3. The first-order valence-electron chi connectivity index (χ1n) is 22.7. The molecule has 63 heavy (non-hydrogen) atoms. The summed E-state index contributed by atoms with van der Waals surface area (Å²) in [6, 6.07) is -0.726. The number of nitrogens with zero attached hydrogens (tertiary/aromatic N) is 1. The van der Waals surface area contributed by atoms with E-state index in [0.29, 0.717) is 12.8 Å². The third-order valence-electron chi connectivity index (χ3n) is 13.2. The van der Waals surface area contributed by atoms with Crippen molar-refractivity contribution in [2.75, 3.05) is 35.4 Å². The third kappa shape index (κ3) is 15.3. The van der Waals surface area contributed by atoms with Crippen LogP contribution >= 0.6 is 0 Å². The van der Waals surface area contributed by atoms with Crippen molar-refractivity contribution in [1.29, 1.82) is 0 Å². The average molecular weight is 918 g/mol. The number of hydrogen-bond donors (Lipinski definition) is 3. The molecule has 0 aliphatic carbocycles. The highest BCUT2D eigenvalue weighted by Crippen LogP contribution is 2.41. The zero-order chi connectivity index (χ0) is 47.6. The molecular weight excluding hydrogens is 835 g/mol. The first kappa shape index (κ1) is 55.5.